The summed E-state index contributed by atoms with van der Waals surface area (Å²) < 4.78 is 12.4. The molecule has 0 spiro atoms. The Kier molecular flexibility index (Phi) is 17.8. The molecule has 0 atom stereocenters. The van der Waals surface area contributed by atoms with E-state index in [4.69, 9.17) is 0 Å². The smallest absolute Gasteiger partial charge is 0.248 e. The summed E-state index contributed by atoms with van der Waals surface area (Å²) in [6.07, 6.45) is 27.6. The van der Waals surface area contributed by atoms with Crippen LogP contribution < -0.4 is 18.3 Å². The number of hydrogen-bond donors (Lipinski definition) is 0. The second-order valence-corrected chi connectivity index (χ2v) is 7.71. The fourth-order valence-electron chi connectivity index (χ4n) is 3.27. The van der Waals surface area contributed by atoms with Crippen LogP contribution in [0.15, 0.2) is 113 Å². The molecule has 0 aliphatic rings. The summed E-state index contributed by atoms with van der Waals surface area (Å²) in [5.41, 5.74) is 2.29. The van der Waals surface area contributed by atoms with Crippen LogP contribution in [0.3, 0.4) is 0 Å². The fourth-order valence-corrected chi connectivity index (χ4v) is 3.27. The largest absolute Gasteiger partial charge is 0.358 e. The average molecular weight is 515 g/mol. The lowest BCUT2D eigenvalue weighted by atomic mass is 10.2. The molecule has 4 aromatic rings. The summed E-state index contributed by atoms with van der Waals surface area (Å²) in [5, 5.41) is 0. The lowest BCUT2D eigenvalue weighted by molar-refractivity contribution is -0.778. The molecule has 0 aromatic carbocycles. The van der Waals surface area contributed by atoms with Crippen LogP contribution in [0.25, 0.3) is 24.6 Å². The number of nitrogens with zero attached hydrogens (tertiary/aromatic N) is 6. The number of hydrogen-bond acceptors (Lipinski definition) is 0. The number of rotatable bonds is 10. The Hall–Kier alpha value is -4.32. The summed E-state index contributed by atoms with van der Waals surface area (Å²) in [5.74, 6) is 0. The molecule has 6 heteroatoms. The lowest BCUT2D eigenvalue weighted by Gasteiger charge is -1.97. The van der Waals surface area contributed by atoms with E-state index in [1.165, 1.54) is 0 Å². The van der Waals surface area contributed by atoms with Crippen molar-refractivity contribution >= 4 is 24.6 Å². The normalized spacial score (nSPS) is 9.05. The highest BCUT2D eigenvalue weighted by Gasteiger charge is 2.06. The van der Waals surface area contributed by atoms with Gasteiger partial charge in [-0.15, -0.1) is 0 Å². The van der Waals surface area contributed by atoms with Crippen LogP contribution in [-0.2, 0) is 26.2 Å². The van der Waals surface area contributed by atoms with Crippen LogP contribution in [0.5, 0.6) is 0 Å². The Balaban J connectivity index is 0. The van der Waals surface area contributed by atoms with E-state index in [1.807, 2.05) is 58.7 Å². The summed E-state index contributed by atoms with van der Waals surface area (Å²) in [6.45, 7) is 18.7. The number of aromatic nitrogens is 6. The molecule has 0 fully saturated rings. The van der Waals surface area contributed by atoms with E-state index >= 15 is 0 Å². The first-order chi connectivity index (χ1) is 16.6. The highest BCUT2D eigenvalue weighted by molar-refractivity contribution is 5.44. The zero-order valence-corrected chi connectivity index (χ0v) is 23.7. The quantitative estimate of drug-likeness (QED) is 0.214. The first kappa shape index (κ1) is 35.8. The van der Waals surface area contributed by atoms with Crippen LogP contribution >= 0.6 is 0 Å². The Bertz CT molecular complexity index is 1120. The van der Waals surface area contributed by atoms with E-state index in [9.17, 15) is 0 Å². The minimum Gasteiger partial charge on any atom is -0.358 e. The summed E-state index contributed by atoms with van der Waals surface area (Å²) in [6, 6.07) is 8.27. The van der Waals surface area contributed by atoms with Crippen molar-refractivity contribution in [3.8, 4) is 0 Å². The third-order valence-corrected chi connectivity index (χ3v) is 5.38. The van der Waals surface area contributed by atoms with E-state index in [2.05, 4.69) is 93.6 Å². The predicted molar refractivity (Wildman–Crippen MR) is 161 cm³/mol. The van der Waals surface area contributed by atoms with Crippen molar-refractivity contribution in [2.45, 2.75) is 26.2 Å². The van der Waals surface area contributed by atoms with Crippen molar-refractivity contribution in [1.29, 1.82) is 0 Å². The van der Waals surface area contributed by atoms with Gasteiger partial charge in [0.25, 0.3) is 0 Å². The molecule has 4 rings (SSSR count). The Morgan fingerprint density at radius 1 is 0.500 bits per heavy atom. The van der Waals surface area contributed by atoms with Gasteiger partial charge in [0, 0.05) is 24.3 Å². The first-order valence-electron chi connectivity index (χ1n) is 11.2. The van der Waals surface area contributed by atoms with Crippen molar-refractivity contribution in [3.63, 3.8) is 0 Å². The van der Waals surface area contributed by atoms with Gasteiger partial charge >= 0.3 is 0 Å². The SMILES string of the molecule is C=Cc1cc[n+](CC[n+]2ccc(C=C)cc2)cc1.C=Cn1cc[n+](CC[n+]2ccn(C=C)c2)c1.[CH3-].[CH3-].[CH3-].[CH3-]. The van der Waals surface area contributed by atoms with Crippen LogP contribution in [0.1, 0.15) is 11.1 Å². The van der Waals surface area contributed by atoms with Gasteiger partial charge in [0.05, 0.1) is 12.4 Å². The van der Waals surface area contributed by atoms with Crippen molar-refractivity contribution < 1.29 is 18.3 Å². The molecule has 0 saturated heterocycles. The van der Waals surface area contributed by atoms with E-state index < -0.39 is 0 Å². The van der Waals surface area contributed by atoms with E-state index in [0.29, 0.717) is 0 Å². The van der Waals surface area contributed by atoms with Gasteiger partial charge < -0.3 is 29.7 Å². The van der Waals surface area contributed by atoms with Crippen molar-refractivity contribution in [2.24, 2.45) is 0 Å². The molecule has 6 nitrogen and oxygen atoms in total. The number of imidazole rings is 2. The molecule has 4 heterocycles. The molecule has 0 saturated carbocycles. The van der Waals surface area contributed by atoms with Crippen LogP contribution in [0.4, 0.5) is 0 Å². The molecule has 204 valence electrons. The minimum atomic E-state index is 0. The molecule has 0 radical (unpaired) electrons. The summed E-state index contributed by atoms with van der Waals surface area (Å²) >= 11 is 0. The molecule has 4 aromatic heterocycles. The Morgan fingerprint density at radius 2 is 0.816 bits per heavy atom. The average Bonchev–Trinajstić information content (AvgIpc) is 3.56. The van der Waals surface area contributed by atoms with E-state index in [0.717, 1.165) is 37.3 Å². The maximum Gasteiger partial charge on any atom is 0.248 e. The predicted octanol–water partition coefficient (Wildman–Crippen LogP) is 4.81. The van der Waals surface area contributed by atoms with Gasteiger partial charge in [-0.05, 0) is 11.1 Å². The van der Waals surface area contributed by atoms with Crippen molar-refractivity contribution in [1.82, 2.24) is 9.13 Å². The van der Waals surface area contributed by atoms with Crippen LogP contribution in [0, 0.1) is 29.7 Å². The zero-order chi connectivity index (χ0) is 24.2. The minimum absolute atomic E-state index is 0. The van der Waals surface area contributed by atoms with Gasteiger partial charge in [-0.25, -0.2) is 18.3 Å². The highest BCUT2D eigenvalue weighted by Crippen LogP contribution is 1.96. The standard InChI is InChI=1S/C16H18N2.C12H16N4.4CH3/c1-3-15-5-9-17(10-6-15)13-14-18-11-7-16(4-2)8-12-18;1-3-13-5-7-15(11-13)9-10-16-8-6-14(4-2)12-16;;;;/h3-12H,1-2,13-14H2;3-8,11-12H,1-2,9-10H2;4*1H3/q2*+2;4*-1. The molecular formula is C32H46N6. The molecule has 0 unspecified atom stereocenters. The molecule has 0 aliphatic heterocycles. The third-order valence-electron chi connectivity index (χ3n) is 5.38. The van der Waals surface area contributed by atoms with Crippen LogP contribution in [-0.4, -0.2) is 9.13 Å². The maximum atomic E-state index is 3.75. The molecule has 38 heavy (non-hydrogen) atoms. The van der Waals surface area contributed by atoms with E-state index in [1.54, 1.807) is 12.4 Å². The van der Waals surface area contributed by atoms with E-state index in [-0.39, 0.29) is 29.7 Å². The lowest BCUT2D eigenvalue weighted by Crippen LogP contribution is -2.43. The summed E-state index contributed by atoms with van der Waals surface area (Å²) in [4.78, 5) is 0. The maximum absolute atomic E-state index is 3.75. The number of pyridine rings is 2. The zero-order valence-electron chi connectivity index (χ0n) is 23.7. The van der Waals surface area contributed by atoms with Gasteiger partial charge in [0.2, 0.25) is 25.7 Å². The molecule has 0 aliphatic carbocycles. The van der Waals surface area contributed by atoms with Gasteiger partial charge in [-0.2, -0.15) is 9.13 Å². The molecule has 0 bridgehead atoms. The Morgan fingerprint density at radius 3 is 1.08 bits per heavy atom. The monoisotopic (exact) mass is 514 g/mol. The van der Waals surface area contributed by atoms with Crippen molar-refractivity contribution in [3.05, 3.63) is 154 Å². The molecule has 0 amide bonds. The third kappa shape index (κ3) is 11.2. The summed E-state index contributed by atoms with van der Waals surface area (Å²) in [7, 11) is 0. The van der Waals surface area contributed by atoms with Gasteiger partial charge in [-0.3, -0.25) is 0 Å². The second kappa shape index (κ2) is 18.9. The Labute approximate surface area is 231 Å². The highest BCUT2D eigenvalue weighted by atomic mass is 15.1. The molecular weight excluding hydrogens is 468 g/mol. The molecule has 0 N–H and O–H groups in total. The van der Waals surface area contributed by atoms with Gasteiger partial charge in [0.1, 0.15) is 37.9 Å². The van der Waals surface area contributed by atoms with Gasteiger partial charge in [0.15, 0.2) is 24.8 Å². The van der Waals surface area contributed by atoms with Crippen molar-refractivity contribution in [2.75, 3.05) is 0 Å². The topological polar surface area (TPSA) is 25.4 Å². The van der Waals surface area contributed by atoms with Gasteiger partial charge in [-0.1, -0.05) is 38.5 Å². The fraction of sp³-hybridized carbons (Fsp3) is 0.125. The first-order valence-corrected chi connectivity index (χ1v) is 11.2. The number of aryl methyl sites for hydroxylation is 4. The van der Waals surface area contributed by atoms with Crippen LogP contribution in [0.2, 0.25) is 0 Å². The second-order valence-electron chi connectivity index (χ2n) is 7.71.